The fraction of sp³-hybridized carbons (Fsp3) is 0.231. The van der Waals surface area contributed by atoms with Gasteiger partial charge in [0.1, 0.15) is 11.6 Å². The number of rotatable bonds is 4. The molecule has 0 aliphatic heterocycles. The Morgan fingerprint density at radius 1 is 1.21 bits per heavy atom. The van der Waals surface area contributed by atoms with Crippen LogP contribution >= 0.6 is 15.9 Å². The molecule has 0 bridgehead atoms. The van der Waals surface area contributed by atoms with Gasteiger partial charge >= 0.3 is 0 Å². The minimum absolute atomic E-state index is 0.585. The van der Waals surface area contributed by atoms with E-state index in [1.807, 2.05) is 31.2 Å². The van der Waals surface area contributed by atoms with Crippen molar-refractivity contribution in [2.24, 2.45) is 0 Å². The molecule has 2 N–H and O–H groups in total. The summed E-state index contributed by atoms with van der Waals surface area (Å²) in [6.45, 7) is 1.92. The van der Waals surface area contributed by atoms with E-state index in [9.17, 15) is 0 Å². The van der Waals surface area contributed by atoms with Crippen LogP contribution in [0.3, 0.4) is 0 Å². The maximum Gasteiger partial charge on any atom is 0.224 e. The molecule has 0 aliphatic rings. The zero-order chi connectivity index (χ0) is 13.8. The summed E-state index contributed by atoms with van der Waals surface area (Å²) in [5, 5.41) is 6.18. The van der Waals surface area contributed by atoms with Crippen LogP contribution in [-0.2, 0) is 0 Å². The van der Waals surface area contributed by atoms with Crippen LogP contribution in [0, 0.1) is 6.92 Å². The molecule has 0 radical (unpaired) electrons. The van der Waals surface area contributed by atoms with Gasteiger partial charge in [-0.05, 0) is 35.0 Å². The smallest absolute Gasteiger partial charge is 0.224 e. The Bertz CT molecular complexity index is 589. The SMILES string of the molecule is CNc1nc(C)cc(Nc2cc(OC)ccc2Br)n1. The van der Waals surface area contributed by atoms with Crippen LogP contribution in [0.4, 0.5) is 17.5 Å². The number of anilines is 3. The van der Waals surface area contributed by atoms with E-state index in [0.29, 0.717) is 5.95 Å². The molecule has 2 rings (SSSR count). The second-order valence-corrected chi connectivity index (χ2v) is 4.79. The van der Waals surface area contributed by atoms with Crippen molar-refractivity contribution in [3.63, 3.8) is 0 Å². The lowest BCUT2D eigenvalue weighted by atomic mass is 10.3. The van der Waals surface area contributed by atoms with Crippen LogP contribution < -0.4 is 15.4 Å². The van der Waals surface area contributed by atoms with E-state index in [1.54, 1.807) is 14.2 Å². The number of methoxy groups -OCH3 is 1. The van der Waals surface area contributed by atoms with Crippen LogP contribution in [0.1, 0.15) is 5.69 Å². The van der Waals surface area contributed by atoms with Gasteiger partial charge in [-0.3, -0.25) is 0 Å². The lowest BCUT2D eigenvalue weighted by molar-refractivity contribution is 0.415. The Morgan fingerprint density at radius 2 is 2.00 bits per heavy atom. The molecule has 0 saturated carbocycles. The second-order valence-electron chi connectivity index (χ2n) is 3.94. The van der Waals surface area contributed by atoms with Crippen LogP contribution in [0.25, 0.3) is 0 Å². The second kappa shape index (κ2) is 5.88. The van der Waals surface area contributed by atoms with Crippen molar-refractivity contribution in [2.45, 2.75) is 6.92 Å². The molecule has 0 atom stereocenters. The number of halogens is 1. The fourth-order valence-corrected chi connectivity index (χ4v) is 1.96. The van der Waals surface area contributed by atoms with Crippen molar-refractivity contribution in [3.8, 4) is 5.75 Å². The van der Waals surface area contributed by atoms with Gasteiger partial charge in [-0.15, -0.1) is 0 Å². The van der Waals surface area contributed by atoms with Gasteiger partial charge in [0.05, 0.1) is 12.8 Å². The number of benzene rings is 1. The molecule has 0 unspecified atom stereocenters. The summed E-state index contributed by atoms with van der Waals surface area (Å²) in [4.78, 5) is 8.60. The minimum atomic E-state index is 0.585. The number of nitrogens with zero attached hydrogens (tertiary/aromatic N) is 2. The molecule has 1 aromatic heterocycles. The average molecular weight is 323 g/mol. The summed E-state index contributed by atoms with van der Waals surface area (Å²) < 4.78 is 6.15. The van der Waals surface area contributed by atoms with E-state index in [2.05, 4.69) is 36.5 Å². The normalized spacial score (nSPS) is 10.1. The number of hydrogen-bond acceptors (Lipinski definition) is 5. The van der Waals surface area contributed by atoms with E-state index in [-0.39, 0.29) is 0 Å². The van der Waals surface area contributed by atoms with Crippen molar-refractivity contribution < 1.29 is 4.74 Å². The molecule has 0 aliphatic carbocycles. The highest BCUT2D eigenvalue weighted by molar-refractivity contribution is 9.10. The number of ether oxygens (including phenoxy) is 1. The van der Waals surface area contributed by atoms with E-state index in [4.69, 9.17) is 4.74 Å². The molecule has 100 valence electrons. The highest BCUT2D eigenvalue weighted by Crippen LogP contribution is 2.29. The zero-order valence-electron chi connectivity index (χ0n) is 11.0. The van der Waals surface area contributed by atoms with Crippen molar-refractivity contribution >= 4 is 33.4 Å². The fourth-order valence-electron chi connectivity index (χ4n) is 1.61. The Balaban J connectivity index is 2.32. The van der Waals surface area contributed by atoms with Crippen LogP contribution in [-0.4, -0.2) is 24.1 Å². The molecule has 0 amide bonds. The van der Waals surface area contributed by atoms with Crippen molar-refractivity contribution in [2.75, 3.05) is 24.8 Å². The molecular formula is C13H15BrN4O. The van der Waals surface area contributed by atoms with Crippen molar-refractivity contribution in [3.05, 3.63) is 34.4 Å². The highest BCUT2D eigenvalue weighted by Gasteiger charge is 2.05. The van der Waals surface area contributed by atoms with Crippen LogP contribution in [0.15, 0.2) is 28.7 Å². The van der Waals surface area contributed by atoms with Gasteiger partial charge in [0.15, 0.2) is 0 Å². The summed E-state index contributed by atoms with van der Waals surface area (Å²) in [5.41, 5.74) is 1.78. The maximum atomic E-state index is 5.21. The van der Waals surface area contributed by atoms with Gasteiger partial charge in [0.2, 0.25) is 5.95 Å². The summed E-state index contributed by atoms with van der Waals surface area (Å²) in [7, 11) is 3.43. The average Bonchev–Trinajstić information content (AvgIpc) is 2.40. The van der Waals surface area contributed by atoms with E-state index < -0.39 is 0 Å². The molecule has 19 heavy (non-hydrogen) atoms. The Hall–Kier alpha value is -1.82. The molecule has 0 fully saturated rings. The summed E-state index contributed by atoms with van der Waals surface area (Å²) in [5.74, 6) is 2.10. The maximum absolute atomic E-state index is 5.21. The first-order chi connectivity index (χ1) is 9.12. The monoisotopic (exact) mass is 322 g/mol. The van der Waals surface area contributed by atoms with E-state index >= 15 is 0 Å². The van der Waals surface area contributed by atoms with Crippen molar-refractivity contribution in [1.82, 2.24) is 9.97 Å². The van der Waals surface area contributed by atoms with Crippen LogP contribution in [0.2, 0.25) is 0 Å². The summed E-state index contributed by atoms with van der Waals surface area (Å²) in [6, 6.07) is 7.60. The third-order valence-electron chi connectivity index (χ3n) is 2.51. The third-order valence-corrected chi connectivity index (χ3v) is 3.21. The van der Waals surface area contributed by atoms with Crippen molar-refractivity contribution in [1.29, 1.82) is 0 Å². The molecule has 1 heterocycles. The topological polar surface area (TPSA) is 59.1 Å². The first-order valence-corrected chi connectivity index (χ1v) is 6.55. The lowest BCUT2D eigenvalue weighted by Crippen LogP contribution is -2.02. The molecule has 0 saturated heterocycles. The predicted octanol–water partition coefficient (Wildman–Crippen LogP) is 3.34. The quantitative estimate of drug-likeness (QED) is 0.904. The van der Waals surface area contributed by atoms with Gasteiger partial charge in [-0.2, -0.15) is 4.98 Å². The molecule has 2 aromatic rings. The standard InChI is InChI=1S/C13H15BrN4O/c1-8-6-12(18-13(15-2)16-8)17-11-7-9(19-3)4-5-10(11)14/h4-7H,1-3H3,(H2,15,16,17,18). The Morgan fingerprint density at radius 3 is 2.68 bits per heavy atom. The Labute approximate surface area is 120 Å². The number of hydrogen-bond donors (Lipinski definition) is 2. The zero-order valence-corrected chi connectivity index (χ0v) is 12.6. The Kier molecular flexibility index (Phi) is 4.21. The molecule has 0 spiro atoms. The molecule has 6 heteroatoms. The summed E-state index contributed by atoms with van der Waals surface area (Å²) in [6.07, 6.45) is 0. The highest BCUT2D eigenvalue weighted by atomic mass is 79.9. The molecule has 5 nitrogen and oxygen atoms in total. The number of aromatic nitrogens is 2. The van der Waals surface area contributed by atoms with Crippen LogP contribution in [0.5, 0.6) is 5.75 Å². The van der Waals surface area contributed by atoms with Gasteiger partial charge in [0, 0.05) is 29.3 Å². The van der Waals surface area contributed by atoms with Gasteiger partial charge in [-0.1, -0.05) is 0 Å². The van der Waals surface area contributed by atoms with Gasteiger partial charge in [-0.25, -0.2) is 4.98 Å². The number of nitrogens with one attached hydrogen (secondary N) is 2. The number of aryl methyl sites for hydroxylation is 1. The van der Waals surface area contributed by atoms with E-state index in [1.165, 1.54) is 0 Å². The lowest BCUT2D eigenvalue weighted by Gasteiger charge is -2.11. The molecular weight excluding hydrogens is 308 g/mol. The van der Waals surface area contributed by atoms with Gasteiger partial charge < -0.3 is 15.4 Å². The first-order valence-electron chi connectivity index (χ1n) is 5.76. The van der Waals surface area contributed by atoms with E-state index in [0.717, 1.165) is 27.4 Å². The molecule has 1 aromatic carbocycles. The first kappa shape index (κ1) is 13.6. The largest absolute Gasteiger partial charge is 0.497 e. The summed E-state index contributed by atoms with van der Waals surface area (Å²) >= 11 is 3.49. The van der Waals surface area contributed by atoms with Gasteiger partial charge in [0.25, 0.3) is 0 Å². The predicted molar refractivity (Wildman–Crippen MR) is 80.3 cm³/mol. The third kappa shape index (κ3) is 3.35. The minimum Gasteiger partial charge on any atom is -0.497 e.